The van der Waals surface area contributed by atoms with Crippen LogP contribution in [0.1, 0.15) is 52.9 Å². The smallest absolute Gasteiger partial charge is 0.173 e. The SMILES string of the molecule is C/C(N)=C\C(O)CC1CC(OC2OC(CNCCF)CCC2N)C(N)CC1N=C(N)C(C)(C)O. The fourth-order valence-corrected chi connectivity index (χ4v) is 4.50. The van der Waals surface area contributed by atoms with E-state index in [1.165, 1.54) is 0 Å². The summed E-state index contributed by atoms with van der Waals surface area (Å²) in [6.45, 7) is 5.24. The third-order valence-electron chi connectivity index (χ3n) is 6.45. The third kappa shape index (κ3) is 9.03. The second-order valence-corrected chi connectivity index (χ2v) is 10.2. The van der Waals surface area contributed by atoms with Crippen LogP contribution in [0.2, 0.25) is 0 Å². The van der Waals surface area contributed by atoms with Gasteiger partial charge in [-0.2, -0.15) is 0 Å². The maximum Gasteiger partial charge on any atom is 0.173 e. The minimum atomic E-state index is -1.26. The molecule has 2 aliphatic rings. The van der Waals surface area contributed by atoms with Crippen molar-refractivity contribution in [2.45, 2.75) is 101 Å². The number of nitrogens with two attached hydrogens (primary N) is 4. The number of aliphatic imine (C=N–C) groups is 1. The van der Waals surface area contributed by atoms with Crippen molar-refractivity contribution in [2.24, 2.45) is 33.8 Å². The van der Waals surface area contributed by atoms with Crippen LogP contribution in [0, 0.1) is 5.92 Å². The summed E-state index contributed by atoms with van der Waals surface area (Å²) >= 11 is 0. The molecule has 1 heterocycles. The lowest BCUT2D eigenvalue weighted by Crippen LogP contribution is -2.55. The average molecular weight is 489 g/mol. The van der Waals surface area contributed by atoms with Crippen LogP contribution in [0.3, 0.4) is 0 Å². The number of aliphatic hydroxyl groups is 2. The van der Waals surface area contributed by atoms with Gasteiger partial charge < -0.3 is 47.9 Å². The standard InChI is InChI=1S/C23H45FN6O4/c1-13(25)8-15(31)9-14-10-20(18(27)11-19(14)30-22(28)23(2,3)32)34-21-17(26)5-4-16(33-21)12-29-7-6-24/h8,14-21,29,31-32H,4-7,9-12,25-27H2,1-3H3,(H2,28,30)/b13-8+. The number of ether oxygens (including phenoxy) is 2. The molecule has 2 fully saturated rings. The number of hydrogen-bond donors (Lipinski definition) is 7. The van der Waals surface area contributed by atoms with Crippen LogP contribution in [0.25, 0.3) is 0 Å². The van der Waals surface area contributed by atoms with Crippen molar-refractivity contribution in [3.63, 3.8) is 0 Å². The predicted octanol–water partition coefficient (Wildman–Crippen LogP) is -0.389. The lowest BCUT2D eigenvalue weighted by atomic mass is 9.77. The van der Waals surface area contributed by atoms with Gasteiger partial charge in [0.25, 0.3) is 0 Å². The molecule has 8 atom stereocenters. The predicted molar refractivity (Wildman–Crippen MR) is 131 cm³/mol. The lowest BCUT2D eigenvalue weighted by Gasteiger charge is -2.43. The van der Waals surface area contributed by atoms with Crippen LogP contribution in [-0.2, 0) is 9.47 Å². The molecule has 0 aromatic heterocycles. The number of nitrogens with one attached hydrogen (secondary N) is 1. The van der Waals surface area contributed by atoms with E-state index in [1.807, 2.05) is 0 Å². The van der Waals surface area contributed by atoms with Gasteiger partial charge in [-0.15, -0.1) is 0 Å². The van der Waals surface area contributed by atoms with Crippen molar-refractivity contribution in [2.75, 3.05) is 19.8 Å². The van der Waals surface area contributed by atoms with Crippen molar-refractivity contribution >= 4 is 5.84 Å². The molecule has 1 aliphatic heterocycles. The summed E-state index contributed by atoms with van der Waals surface area (Å²) in [5.74, 6) is 0.00787. The molecule has 8 unspecified atom stereocenters. The van der Waals surface area contributed by atoms with E-state index in [-0.39, 0.29) is 48.6 Å². The Labute approximate surface area is 202 Å². The summed E-state index contributed by atoms with van der Waals surface area (Å²) in [6, 6.07) is -0.941. The Balaban J connectivity index is 2.12. The number of halogens is 1. The highest BCUT2D eigenvalue weighted by atomic mass is 19.1. The molecule has 0 amide bonds. The van der Waals surface area contributed by atoms with Gasteiger partial charge in [0.05, 0.1) is 30.4 Å². The first-order valence-electron chi connectivity index (χ1n) is 12.2. The van der Waals surface area contributed by atoms with E-state index in [0.29, 0.717) is 31.5 Å². The van der Waals surface area contributed by atoms with Crippen LogP contribution in [0.4, 0.5) is 4.39 Å². The molecule has 10 nitrogen and oxygen atoms in total. The first-order valence-corrected chi connectivity index (χ1v) is 12.2. The topological polar surface area (TPSA) is 187 Å². The van der Waals surface area contributed by atoms with Crippen molar-refractivity contribution in [3.05, 3.63) is 11.8 Å². The summed E-state index contributed by atoms with van der Waals surface area (Å²) in [5.41, 5.74) is 23.8. The number of nitrogens with zero attached hydrogens (tertiary/aromatic N) is 1. The minimum absolute atomic E-state index is 0.113. The molecule has 11 heteroatoms. The van der Waals surface area contributed by atoms with Gasteiger partial charge in [-0.05, 0) is 64.9 Å². The Kier molecular flexibility index (Phi) is 11.1. The van der Waals surface area contributed by atoms with E-state index < -0.39 is 24.7 Å². The molecular formula is C23H45FN6O4. The highest BCUT2D eigenvalue weighted by Gasteiger charge is 2.40. The molecule has 2 rings (SSSR count). The molecule has 0 spiro atoms. The van der Waals surface area contributed by atoms with Gasteiger partial charge in [-0.1, -0.05) is 0 Å². The van der Waals surface area contributed by atoms with Gasteiger partial charge in [0, 0.05) is 24.8 Å². The molecule has 198 valence electrons. The number of alkyl halides is 1. The van der Waals surface area contributed by atoms with Gasteiger partial charge in [-0.25, -0.2) is 4.39 Å². The maximum absolute atomic E-state index is 12.4. The summed E-state index contributed by atoms with van der Waals surface area (Å²) in [4.78, 5) is 4.57. The fraction of sp³-hybridized carbons (Fsp3) is 0.870. The fourth-order valence-electron chi connectivity index (χ4n) is 4.50. The largest absolute Gasteiger partial charge is 0.402 e. The summed E-state index contributed by atoms with van der Waals surface area (Å²) in [7, 11) is 0. The van der Waals surface area contributed by atoms with E-state index in [1.54, 1.807) is 26.8 Å². The Hall–Kier alpha value is -1.34. The number of allylic oxidation sites excluding steroid dienone is 1. The van der Waals surface area contributed by atoms with Crippen LogP contribution in [-0.4, -0.2) is 84.1 Å². The van der Waals surface area contributed by atoms with E-state index in [4.69, 9.17) is 32.4 Å². The van der Waals surface area contributed by atoms with Crippen molar-refractivity contribution in [1.82, 2.24) is 5.32 Å². The summed E-state index contributed by atoms with van der Waals surface area (Å²) < 4.78 is 24.7. The Morgan fingerprint density at radius 1 is 1.26 bits per heavy atom. The molecular weight excluding hydrogens is 443 g/mol. The van der Waals surface area contributed by atoms with Gasteiger partial charge in [-0.3, -0.25) is 4.99 Å². The number of rotatable bonds is 11. The average Bonchev–Trinajstić information content (AvgIpc) is 2.72. The number of hydrogen-bond acceptors (Lipinski definition) is 9. The molecule has 0 aromatic rings. The van der Waals surface area contributed by atoms with Gasteiger partial charge in [0.1, 0.15) is 18.1 Å². The van der Waals surface area contributed by atoms with Crippen LogP contribution >= 0.6 is 0 Å². The molecule has 1 saturated carbocycles. The molecule has 0 radical (unpaired) electrons. The molecule has 11 N–H and O–H groups in total. The minimum Gasteiger partial charge on any atom is -0.402 e. The van der Waals surface area contributed by atoms with Crippen molar-refractivity contribution in [3.8, 4) is 0 Å². The lowest BCUT2D eigenvalue weighted by molar-refractivity contribution is -0.230. The molecule has 0 bridgehead atoms. The second kappa shape index (κ2) is 13.1. The van der Waals surface area contributed by atoms with Crippen LogP contribution in [0.5, 0.6) is 0 Å². The number of aliphatic hydroxyl groups excluding tert-OH is 1. The van der Waals surface area contributed by atoms with Gasteiger partial charge in [0.15, 0.2) is 6.29 Å². The highest BCUT2D eigenvalue weighted by molar-refractivity contribution is 5.88. The highest BCUT2D eigenvalue weighted by Crippen LogP contribution is 2.34. The van der Waals surface area contributed by atoms with Gasteiger partial charge >= 0.3 is 0 Å². The molecule has 0 aromatic carbocycles. The van der Waals surface area contributed by atoms with Crippen molar-refractivity contribution < 1.29 is 24.1 Å². The number of amidine groups is 1. The van der Waals surface area contributed by atoms with E-state index in [9.17, 15) is 14.6 Å². The van der Waals surface area contributed by atoms with E-state index in [0.717, 1.165) is 12.8 Å². The van der Waals surface area contributed by atoms with E-state index in [2.05, 4.69) is 10.3 Å². The van der Waals surface area contributed by atoms with Crippen molar-refractivity contribution in [1.29, 1.82) is 0 Å². The summed E-state index contributed by atoms with van der Waals surface area (Å²) in [5, 5.41) is 23.7. The third-order valence-corrected chi connectivity index (χ3v) is 6.45. The Morgan fingerprint density at radius 3 is 2.59 bits per heavy atom. The molecule has 1 saturated heterocycles. The zero-order valence-corrected chi connectivity index (χ0v) is 20.7. The van der Waals surface area contributed by atoms with E-state index >= 15 is 0 Å². The normalized spacial score (nSPS) is 34.8. The molecule has 34 heavy (non-hydrogen) atoms. The Morgan fingerprint density at radius 2 is 1.97 bits per heavy atom. The second-order valence-electron chi connectivity index (χ2n) is 10.2. The first kappa shape index (κ1) is 28.9. The summed E-state index contributed by atoms with van der Waals surface area (Å²) in [6.07, 6.45) is 2.61. The van der Waals surface area contributed by atoms with Gasteiger partial charge in [0.2, 0.25) is 0 Å². The quantitative estimate of drug-likeness (QED) is 0.115. The zero-order chi connectivity index (χ0) is 25.5. The monoisotopic (exact) mass is 488 g/mol. The Bertz CT molecular complexity index is 685. The first-order chi connectivity index (χ1) is 15.9. The van der Waals surface area contributed by atoms with Crippen LogP contribution in [0.15, 0.2) is 16.8 Å². The molecule has 1 aliphatic carbocycles. The maximum atomic E-state index is 12.4. The van der Waals surface area contributed by atoms with Crippen LogP contribution < -0.4 is 28.3 Å². The zero-order valence-electron chi connectivity index (χ0n) is 20.7.